The van der Waals surface area contributed by atoms with Gasteiger partial charge in [0.25, 0.3) is 0 Å². The number of pyridine rings is 1. The lowest BCUT2D eigenvalue weighted by Gasteiger charge is -2.09. The van der Waals surface area contributed by atoms with Crippen LogP contribution >= 0.6 is 0 Å². The molecule has 1 N–H and O–H groups in total. The van der Waals surface area contributed by atoms with E-state index in [0.717, 1.165) is 16.5 Å². The summed E-state index contributed by atoms with van der Waals surface area (Å²) in [5.41, 5.74) is 2.85. The summed E-state index contributed by atoms with van der Waals surface area (Å²) in [5.74, 6) is -1.24. The monoisotopic (exact) mass is 343 g/mol. The number of aromatic nitrogens is 2. The van der Waals surface area contributed by atoms with Gasteiger partial charge in [-0.3, -0.25) is 4.98 Å². The highest BCUT2D eigenvalue weighted by molar-refractivity contribution is 5.82. The summed E-state index contributed by atoms with van der Waals surface area (Å²) in [6, 6.07) is 14.4. The Kier molecular flexibility index (Phi) is 3.56. The molecule has 0 saturated heterocycles. The van der Waals surface area contributed by atoms with Gasteiger partial charge in [-0.2, -0.15) is 13.2 Å². The number of rotatable bonds is 3. The number of hydrogen-bond donors (Lipinski definition) is 1. The van der Waals surface area contributed by atoms with Gasteiger partial charge in [0.1, 0.15) is 5.52 Å². The fraction of sp³-hybridized carbons (Fsp3) is 0.111. The number of fused-ring (bicyclic) bond motifs is 2. The Morgan fingerprint density at radius 1 is 1.00 bits per heavy atom. The molecule has 4 aromatic rings. The van der Waals surface area contributed by atoms with Crippen LogP contribution in [0, 0.1) is 0 Å². The Balaban J connectivity index is 1.60. The van der Waals surface area contributed by atoms with Gasteiger partial charge in [-0.1, -0.05) is 18.2 Å². The van der Waals surface area contributed by atoms with Crippen molar-refractivity contribution in [2.24, 2.45) is 0 Å². The Hall–Kier alpha value is -3.09. The van der Waals surface area contributed by atoms with Crippen LogP contribution in [-0.2, 0) is 12.7 Å². The first-order chi connectivity index (χ1) is 12.0. The summed E-state index contributed by atoms with van der Waals surface area (Å²) in [5, 5.41) is 4.22. The maximum atomic E-state index is 12.7. The van der Waals surface area contributed by atoms with Crippen LogP contribution in [0.25, 0.3) is 22.0 Å². The van der Waals surface area contributed by atoms with E-state index < -0.39 is 12.1 Å². The minimum Gasteiger partial charge on any atom is -0.433 e. The molecule has 25 heavy (non-hydrogen) atoms. The summed E-state index contributed by atoms with van der Waals surface area (Å²) in [4.78, 5) is 7.76. The first kappa shape index (κ1) is 15.4. The summed E-state index contributed by atoms with van der Waals surface area (Å²) < 4.78 is 42.8. The second-order valence-corrected chi connectivity index (χ2v) is 5.54. The van der Waals surface area contributed by atoms with Gasteiger partial charge in [0.15, 0.2) is 5.58 Å². The molecular weight excluding hydrogens is 331 g/mol. The molecule has 0 bridgehead atoms. The summed E-state index contributed by atoms with van der Waals surface area (Å²) in [7, 11) is 0. The van der Waals surface area contributed by atoms with E-state index in [1.807, 2.05) is 30.3 Å². The van der Waals surface area contributed by atoms with Gasteiger partial charge in [-0.15, -0.1) is 0 Å². The Morgan fingerprint density at radius 2 is 1.88 bits per heavy atom. The van der Waals surface area contributed by atoms with Gasteiger partial charge in [0.05, 0.1) is 5.52 Å². The highest BCUT2D eigenvalue weighted by Gasteiger charge is 2.37. The maximum absolute atomic E-state index is 12.7. The van der Waals surface area contributed by atoms with Gasteiger partial charge in [0, 0.05) is 29.9 Å². The van der Waals surface area contributed by atoms with Crippen LogP contribution in [0.2, 0.25) is 0 Å². The van der Waals surface area contributed by atoms with Crippen molar-refractivity contribution in [1.29, 1.82) is 0 Å². The quantitative estimate of drug-likeness (QED) is 0.568. The van der Waals surface area contributed by atoms with Crippen molar-refractivity contribution in [3.05, 3.63) is 66.2 Å². The average Bonchev–Trinajstić information content (AvgIpc) is 3.03. The van der Waals surface area contributed by atoms with Crippen molar-refractivity contribution in [2.45, 2.75) is 12.7 Å². The molecule has 2 aromatic heterocycles. The zero-order valence-electron chi connectivity index (χ0n) is 12.8. The number of hydrogen-bond acceptors (Lipinski definition) is 4. The number of benzene rings is 2. The number of alkyl halides is 3. The molecule has 4 nitrogen and oxygen atoms in total. The number of oxazole rings is 1. The lowest BCUT2D eigenvalue weighted by atomic mass is 10.1. The highest BCUT2D eigenvalue weighted by atomic mass is 19.4. The molecule has 0 fully saturated rings. The molecule has 126 valence electrons. The van der Waals surface area contributed by atoms with E-state index in [0.29, 0.717) is 12.2 Å². The van der Waals surface area contributed by atoms with Crippen molar-refractivity contribution >= 4 is 27.7 Å². The molecule has 0 saturated carbocycles. The number of halogens is 3. The van der Waals surface area contributed by atoms with E-state index in [1.165, 1.54) is 12.1 Å². The molecule has 0 aliphatic rings. The molecule has 7 heteroatoms. The predicted molar refractivity (Wildman–Crippen MR) is 88.1 cm³/mol. The van der Waals surface area contributed by atoms with E-state index in [-0.39, 0.29) is 11.1 Å². The maximum Gasteiger partial charge on any atom is 0.468 e. The molecule has 0 radical (unpaired) electrons. The number of nitrogens with zero attached hydrogens (tertiary/aromatic N) is 2. The molecule has 0 aliphatic heterocycles. The van der Waals surface area contributed by atoms with Gasteiger partial charge in [-0.05, 0) is 29.8 Å². The fourth-order valence-electron chi connectivity index (χ4n) is 2.67. The van der Waals surface area contributed by atoms with Crippen molar-refractivity contribution < 1.29 is 17.6 Å². The molecule has 0 unspecified atom stereocenters. The third-order valence-corrected chi connectivity index (χ3v) is 3.85. The van der Waals surface area contributed by atoms with Gasteiger partial charge in [-0.25, -0.2) is 4.98 Å². The van der Waals surface area contributed by atoms with Crippen molar-refractivity contribution in [1.82, 2.24) is 9.97 Å². The summed E-state index contributed by atoms with van der Waals surface area (Å²) in [6.45, 7) is 0.509. The van der Waals surface area contributed by atoms with Crippen molar-refractivity contribution in [3.8, 4) is 0 Å². The van der Waals surface area contributed by atoms with Crippen molar-refractivity contribution in [2.75, 3.05) is 5.32 Å². The molecule has 2 aromatic carbocycles. The molecule has 2 heterocycles. The Morgan fingerprint density at radius 3 is 2.72 bits per heavy atom. The predicted octanol–water partition coefficient (Wildman–Crippen LogP) is 5.01. The van der Waals surface area contributed by atoms with E-state index in [4.69, 9.17) is 4.42 Å². The second-order valence-electron chi connectivity index (χ2n) is 5.54. The van der Waals surface area contributed by atoms with Crippen LogP contribution in [0.4, 0.5) is 18.9 Å². The first-order valence-corrected chi connectivity index (χ1v) is 7.55. The smallest absolute Gasteiger partial charge is 0.433 e. The lowest BCUT2D eigenvalue weighted by Crippen LogP contribution is -2.04. The topological polar surface area (TPSA) is 51.0 Å². The van der Waals surface area contributed by atoms with E-state index in [9.17, 15) is 13.2 Å². The van der Waals surface area contributed by atoms with Crippen LogP contribution in [0.3, 0.4) is 0 Å². The third-order valence-electron chi connectivity index (χ3n) is 3.85. The molecule has 4 rings (SSSR count). The lowest BCUT2D eigenvalue weighted by molar-refractivity contribution is -0.156. The van der Waals surface area contributed by atoms with Gasteiger partial charge < -0.3 is 9.73 Å². The average molecular weight is 343 g/mol. The van der Waals surface area contributed by atoms with Crippen LogP contribution in [0.1, 0.15) is 11.5 Å². The Bertz CT molecular complexity index is 1050. The third kappa shape index (κ3) is 3.00. The normalized spacial score (nSPS) is 12.0. The molecule has 0 spiro atoms. The molecule has 0 amide bonds. The first-order valence-electron chi connectivity index (χ1n) is 7.55. The SMILES string of the molecule is FC(F)(F)c1nc2ccc(NCc3cccc4ncccc34)cc2o1. The van der Waals surface area contributed by atoms with Crippen LogP contribution in [-0.4, -0.2) is 9.97 Å². The summed E-state index contributed by atoms with van der Waals surface area (Å²) in [6.07, 6.45) is -2.86. The Labute approximate surface area is 140 Å². The second kappa shape index (κ2) is 5.77. The minimum absolute atomic E-state index is 0.0944. The van der Waals surface area contributed by atoms with Crippen LogP contribution in [0.5, 0.6) is 0 Å². The van der Waals surface area contributed by atoms with Crippen molar-refractivity contribution in [3.63, 3.8) is 0 Å². The number of nitrogens with one attached hydrogen (secondary N) is 1. The van der Waals surface area contributed by atoms with Crippen LogP contribution < -0.4 is 5.32 Å². The van der Waals surface area contributed by atoms with Crippen LogP contribution in [0.15, 0.2) is 59.1 Å². The zero-order chi connectivity index (χ0) is 17.4. The van der Waals surface area contributed by atoms with E-state index >= 15 is 0 Å². The molecular formula is C18H12F3N3O. The number of anilines is 1. The fourth-order valence-corrected chi connectivity index (χ4v) is 2.67. The molecule has 0 atom stereocenters. The zero-order valence-corrected chi connectivity index (χ0v) is 12.8. The minimum atomic E-state index is -4.59. The van der Waals surface area contributed by atoms with Gasteiger partial charge in [0.2, 0.25) is 0 Å². The van der Waals surface area contributed by atoms with E-state index in [1.54, 1.807) is 12.3 Å². The summed E-state index contributed by atoms with van der Waals surface area (Å²) >= 11 is 0. The van der Waals surface area contributed by atoms with Gasteiger partial charge >= 0.3 is 12.1 Å². The largest absolute Gasteiger partial charge is 0.468 e. The standard InChI is InChI=1S/C18H12F3N3O/c19-18(20,21)17-24-15-7-6-12(9-16(15)25-17)23-10-11-3-1-5-14-13(11)4-2-8-22-14/h1-9,23H,10H2. The molecule has 0 aliphatic carbocycles. The van der Waals surface area contributed by atoms with E-state index in [2.05, 4.69) is 15.3 Å². The highest BCUT2D eigenvalue weighted by Crippen LogP contribution is 2.32.